The number of hydrogen-bond acceptors (Lipinski definition) is 3. The van der Waals surface area contributed by atoms with Gasteiger partial charge in [0.05, 0.1) is 24.8 Å². The Balaban J connectivity index is 1.45. The lowest BCUT2D eigenvalue weighted by molar-refractivity contribution is -0.131. The summed E-state index contributed by atoms with van der Waals surface area (Å²) in [5, 5.41) is 6.47. The van der Waals surface area contributed by atoms with Crippen LogP contribution < -0.4 is 0 Å². The molecule has 0 spiro atoms. The summed E-state index contributed by atoms with van der Waals surface area (Å²) in [6.07, 6.45) is 4.92. The molecule has 1 amide bonds. The fourth-order valence-electron chi connectivity index (χ4n) is 3.25. The Labute approximate surface area is 175 Å². The summed E-state index contributed by atoms with van der Waals surface area (Å²) in [6.45, 7) is 1.35. The average Bonchev–Trinajstić information content (AvgIpc) is 3.44. The van der Waals surface area contributed by atoms with Crippen molar-refractivity contribution in [1.29, 1.82) is 0 Å². The maximum atomic E-state index is 13.1. The highest BCUT2D eigenvalue weighted by molar-refractivity contribution is 7.09. The zero-order valence-corrected chi connectivity index (χ0v) is 17.0. The van der Waals surface area contributed by atoms with Crippen LogP contribution in [0, 0.1) is 0 Å². The normalized spacial score (nSPS) is 10.8. The lowest BCUT2D eigenvalue weighted by Gasteiger charge is -2.22. The van der Waals surface area contributed by atoms with Crippen molar-refractivity contribution in [1.82, 2.24) is 14.7 Å². The quantitative estimate of drug-likeness (QED) is 0.427. The standard InChI is InChI=1S/C24H23N3OS/c28-24(16-21-17-25-27(18-21)22-10-5-2-6-11-22)26(19-23-12-7-15-29-23)14-13-20-8-3-1-4-9-20/h1-12,15,17-18H,13-14,16,19H2. The van der Waals surface area contributed by atoms with Crippen molar-refractivity contribution in [2.24, 2.45) is 0 Å². The lowest BCUT2D eigenvalue weighted by atomic mass is 10.1. The van der Waals surface area contributed by atoms with Crippen LogP contribution in [0.4, 0.5) is 0 Å². The molecule has 0 aliphatic carbocycles. The van der Waals surface area contributed by atoms with Crippen LogP contribution in [0.1, 0.15) is 16.0 Å². The zero-order valence-electron chi connectivity index (χ0n) is 16.1. The number of carbonyl (C=O) groups is 1. The van der Waals surface area contributed by atoms with Gasteiger partial charge in [0.15, 0.2) is 0 Å². The molecule has 0 N–H and O–H groups in total. The molecular formula is C24H23N3OS. The third-order valence-electron chi connectivity index (χ3n) is 4.80. The van der Waals surface area contributed by atoms with Crippen LogP contribution in [-0.4, -0.2) is 27.1 Å². The maximum absolute atomic E-state index is 13.1. The largest absolute Gasteiger partial charge is 0.337 e. The molecule has 0 aliphatic heterocycles. The fourth-order valence-corrected chi connectivity index (χ4v) is 3.97. The number of rotatable bonds is 8. The van der Waals surface area contributed by atoms with Crippen molar-refractivity contribution >= 4 is 17.2 Å². The molecule has 0 radical (unpaired) electrons. The van der Waals surface area contributed by atoms with Crippen molar-refractivity contribution in [3.05, 3.63) is 107 Å². The summed E-state index contributed by atoms with van der Waals surface area (Å²) in [4.78, 5) is 16.3. The van der Waals surface area contributed by atoms with Gasteiger partial charge in [0, 0.05) is 17.6 Å². The Bertz CT molecular complexity index is 1030. The highest BCUT2D eigenvalue weighted by atomic mass is 32.1. The third kappa shape index (κ3) is 5.21. The lowest BCUT2D eigenvalue weighted by Crippen LogP contribution is -2.33. The van der Waals surface area contributed by atoms with Crippen molar-refractivity contribution < 1.29 is 4.79 Å². The molecule has 0 unspecified atom stereocenters. The van der Waals surface area contributed by atoms with E-state index in [2.05, 4.69) is 28.7 Å². The molecular weight excluding hydrogens is 378 g/mol. The summed E-state index contributed by atoms with van der Waals surface area (Å²) in [5.41, 5.74) is 3.16. The maximum Gasteiger partial charge on any atom is 0.227 e. The molecule has 0 saturated heterocycles. The molecule has 0 atom stereocenters. The van der Waals surface area contributed by atoms with Gasteiger partial charge in [0.2, 0.25) is 5.91 Å². The van der Waals surface area contributed by atoms with Gasteiger partial charge in [-0.25, -0.2) is 4.68 Å². The number of nitrogens with zero attached hydrogens (tertiary/aromatic N) is 3. The van der Waals surface area contributed by atoms with Gasteiger partial charge in [0.25, 0.3) is 0 Å². The predicted octanol–water partition coefficient (Wildman–Crippen LogP) is 4.75. The Hall–Kier alpha value is -3.18. The first kappa shape index (κ1) is 19.2. The van der Waals surface area contributed by atoms with E-state index in [4.69, 9.17) is 0 Å². The summed E-state index contributed by atoms with van der Waals surface area (Å²) >= 11 is 1.69. The summed E-state index contributed by atoms with van der Waals surface area (Å²) in [6, 6.07) is 24.4. The van der Waals surface area contributed by atoms with E-state index in [0.29, 0.717) is 19.5 Å². The van der Waals surface area contributed by atoms with Crippen LogP contribution >= 0.6 is 11.3 Å². The van der Waals surface area contributed by atoms with E-state index in [1.54, 1.807) is 17.5 Å². The van der Waals surface area contributed by atoms with Crippen LogP contribution in [0.25, 0.3) is 5.69 Å². The molecule has 5 heteroatoms. The van der Waals surface area contributed by atoms with E-state index in [0.717, 1.165) is 17.7 Å². The molecule has 4 rings (SSSR count). The van der Waals surface area contributed by atoms with Crippen LogP contribution in [0.5, 0.6) is 0 Å². The average molecular weight is 402 g/mol. The van der Waals surface area contributed by atoms with Gasteiger partial charge < -0.3 is 4.90 Å². The number of hydrogen-bond donors (Lipinski definition) is 0. The minimum atomic E-state index is 0.127. The smallest absolute Gasteiger partial charge is 0.227 e. The van der Waals surface area contributed by atoms with Gasteiger partial charge in [-0.1, -0.05) is 54.6 Å². The van der Waals surface area contributed by atoms with E-state index in [1.165, 1.54) is 10.4 Å². The molecule has 0 bridgehead atoms. The Kier molecular flexibility index (Phi) is 6.17. The summed E-state index contributed by atoms with van der Waals surface area (Å²) in [7, 11) is 0. The number of amides is 1. The van der Waals surface area contributed by atoms with Crippen molar-refractivity contribution in [2.75, 3.05) is 6.54 Å². The minimum Gasteiger partial charge on any atom is -0.337 e. The monoisotopic (exact) mass is 401 g/mol. The second kappa shape index (κ2) is 9.34. The van der Waals surface area contributed by atoms with Gasteiger partial charge in [0.1, 0.15) is 0 Å². The summed E-state index contributed by atoms with van der Waals surface area (Å²) in [5.74, 6) is 0.127. The first-order chi connectivity index (χ1) is 14.3. The zero-order chi connectivity index (χ0) is 19.9. The number of carbonyl (C=O) groups excluding carboxylic acids is 1. The predicted molar refractivity (Wildman–Crippen MR) is 117 cm³/mol. The number of para-hydroxylation sites is 1. The molecule has 0 fully saturated rings. The Morgan fingerprint density at radius 2 is 1.69 bits per heavy atom. The highest BCUT2D eigenvalue weighted by Crippen LogP contribution is 2.15. The topological polar surface area (TPSA) is 38.1 Å². The van der Waals surface area contributed by atoms with Gasteiger partial charge in [-0.05, 0) is 41.1 Å². The summed E-state index contributed by atoms with van der Waals surface area (Å²) < 4.78 is 1.82. The van der Waals surface area contributed by atoms with Gasteiger partial charge >= 0.3 is 0 Å². The van der Waals surface area contributed by atoms with Crippen molar-refractivity contribution in [3.63, 3.8) is 0 Å². The molecule has 0 aliphatic rings. The molecule has 2 aromatic carbocycles. The van der Waals surface area contributed by atoms with Gasteiger partial charge in [-0.3, -0.25) is 4.79 Å². The van der Waals surface area contributed by atoms with E-state index >= 15 is 0 Å². The van der Waals surface area contributed by atoms with E-state index < -0.39 is 0 Å². The molecule has 4 aromatic rings. The van der Waals surface area contributed by atoms with Crippen LogP contribution in [-0.2, 0) is 24.2 Å². The van der Waals surface area contributed by atoms with E-state index in [1.807, 2.05) is 70.4 Å². The molecule has 2 heterocycles. The molecule has 4 nitrogen and oxygen atoms in total. The number of benzene rings is 2. The molecule has 146 valence electrons. The molecule has 29 heavy (non-hydrogen) atoms. The Morgan fingerprint density at radius 3 is 2.41 bits per heavy atom. The first-order valence-electron chi connectivity index (χ1n) is 9.71. The Morgan fingerprint density at radius 1 is 0.931 bits per heavy atom. The van der Waals surface area contributed by atoms with Crippen molar-refractivity contribution in [2.45, 2.75) is 19.4 Å². The molecule has 2 aromatic heterocycles. The second-order valence-electron chi connectivity index (χ2n) is 6.94. The van der Waals surface area contributed by atoms with E-state index in [9.17, 15) is 4.79 Å². The van der Waals surface area contributed by atoms with Crippen LogP contribution in [0.15, 0.2) is 90.6 Å². The van der Waals surface area contributed by atoms with Crippen molar-refractivity contribution in [3.8, 4) is 5.69 Å². The van der Waals surface area contributed by atoms with Crippen LogP contribution in [0.2, 0.25) is 0 Å². The highest BCUT2D eigenvalue weighted by Gasteiger charge is 2.16. The van der Waals surface area contributed by atoms with Gasteiger partial charge in [-0.15, -0.1) is 11.3 Å². The number of aromatic nitrogens is 2. The number of thiophene rings is 1. The van der Waals surface area contributed by atoms with E-state index in [-0.39, 0.29) is 5.91 Å². The SMILES string of the molecule is O=C(Cc1cnn(-c2ccccc2)c1)N(CCc1ccccc1)Cc1cccs1. The fraction of sp³-hybridized carbons (Fsp3) is 0.167. The third-order valence-corrected chi connectivity index (χ3v) is 5.67. The first-order valence-corrected chi connectivity index (χ1v) is 10.6. The molecule has 0 saturated carbocycles. The van der Waals surface area contributed by atoms with Gasteiger partial charge in [-0.2, -0.15) is 5.10 Å². The second-order valence-corrected chi connectivity index (χ2v) is 7.97. The van der Waals surface area contributed by atoms with Crippen LogP contribution in [0.3, 0.4) is 0 Å². The minimum absolute atomic E-state index is 0.127.